The molecule has 5 rings (SSSR count). The second kappa shape index (κ2) is 9.15. The molecular formula is C27H21F3N4O2. The Balaban J connectivity index is 1.78. The Labute approximate surface area is 204 Å². The topological polar surface area (TPSA) is 106 Å². The summed E-state index contributed by atoms with van der Waals surface area (Å²) in [6.45, 7) is 0.648. The number of phenolic OH excluding ortho intramolecular Hbond substituents is 1. The van der Waals surface area contributed by atoms with Crippen LogP contribution in [0.1, 0.15) is 12.0 Å². The molecule has 6 nitrogen and oxygen atoms in total. The number of hydrogen-bond donors (Lipinski definition) is 3. The molecule has 4 aromatic rings. The van der Waals surface area contributed by atoms with E-state index in [0.29, 0.717) is 40.7 Å². The molecule has 1 fully saturated rings. The van der Waals surface area contributed by atoms with Crippen molar-refractivity contribution in [3.63, 3.8) is 0 Å². The second-order valence-electron chi connectivity index (χ2n) is 8.84. The van der Waals surface area contributed by atoms with Crippen LogP contribution in [0.25, 0.3) is 33.2 Å². The van der Waals surface area contributed by atoms with Gasteiger partial charge < -0.3 is 20.8 Å². The number of benzene rings is 3. The van der Waals surface area contributed by atoms with E-state index >= 15 is 0 Å². The SMILES string of the molecule is N#Cc1cc(F)cc(-c2ccc3ncc(-c4cc(F)cc(F)c4)c(N4CCC(N)C(O)C4)c3c2)c1O. The number of aromatic hydroxyl groups is 1. The molecule has 1 aromatic heterocycles. The van der Waals surface area contributed by atoms with Crippen molar-refractivity contribution in [2.45, 2.75) is 18.6 Å². The van der Waals surface area contributed by atoms with Crippen molar-refractivity contribution in [3.05, 3.63) is 77.7 Å². The van der Waals surface area contributed by atoms with Crippen molar-refractivity contribution in [1.29, 1.82) is 5.26 Å². The molecule has 3 aromatic carbocycles. The van der Waals surface area contributed by atoms with Crippen LogP contribution in [0.2, 0.25) is 0 Å². The quantitative estimate of drug-likeness (QED) is 0.392. The van der Waals surface area contributed by atoms with Gasteiger partial charge in [-0.25, -0.2) is 13.2 Å². The minimum atomic E-state index is -0.826. The molecule has 2 heterocycles. The van der Waals surface area contributed by atoms with Gasteiger partial charge in [0, 0.05) is 47.9 Å². The van der Waals surface area contributed by atoms with Crippen LogP contribution in [0.5, 0.6) is 5.75 Å². The molecule has 1 aliphatic rings. The van der Waals surface area contributed by atoms with Crippen LogP contribution < -0.4 is 10.6 Å². The predicted molar refractivity (Wildman–Crippen MR) is 130 cm³/mol. The van der Waals surface area contributed by atoms with Gasteiger partial charge >= 0.3 is 0 Å². The van der Waals surface area contributed by atoms with Gasteiger partial charge in [0.1, 0.15) is 29.3 Å². The first-order valence-electron chi connectivity index (χ1n) is 11.3. The number of pyridine rings is 1. The summed E-state index contributed by atoms with van der Waals surface area (Å²) >= 11 is 0. The fourth-order valence-corrected chi connectivity index (χ4v) is 4.66. The Morgan fingerprint density at radius 2 is 1.69 bits per heavy atom. The molecule has 4 N–H and O–H groups in total. The maximum absolute atomic E-state index is 14.2. The average molecular weight is 490 g/mol. The third kappa shape index (κ3) is 4.21. The number of piperidine rings is 1. The summed E-state index contributed by atoms with van der Waals surface area (Å²) < 4.78 is 42.5. The summed E-state index contributed by atoms with van der Waals surface area (Å²) in [4.78, 5) is 6.35. The van der Waals surface area contributed by atoms with Gasteiger partial charge in [-0.1, -0.05) is 6.07 Å². The lowest BCUT2D eigenvalue weighted by Gasteiger charge is -2.37. The number of aromatic nitrogens is 1. The third-order valence-electron chi connectivity index (χ3n) is 6.47. The largest absolute Gasteiger partial charge is 0.506 e. The number of nitriles is 1. The van der Waals surface area contributed by atoms with Crippen LogP contribution in [-0.2, 0) is 0 Å². The van der Waals surface area contributed by atoms with E-state index in [2.05, 4.69) is 4.98 Å². The fraction of sp³-hybridized carbons (Fsp3) is 0.185. The number of nitrogens with two attached hydrogens (primary N) is 1. The molecule has 1 saturated heterocycles. The molecule has 0 aliphatic carbocycles. The Bertz CT molecular complexity index is 1520. The Morgan fingerprint density at radius 3 is 2.39 bits per heavy atom. The number of anilines is 1. The molecular weight excluding hydrogens is 469 g/mol. The summed E-state index contributed by atoms with van der Waals surface area (Å²) in [5, 5.41) is 30.9. The van der Waals surface area contributed by atoms with Gasteiger partial charge in [0.2, 0.25) is 0 Å². The normalized spacial score (nSPS) is 17.8. The smallest absolute Gasteiger partial charge is 0.141 e. The van der Waals surface area contributed by atoms with Gasteiger partial charge in [0.05, 0.1) is 22.9 Å². The first kappa shape index (κ1) is 23.6. The maximum atomic E-state index is 14.2. The molecule has 182 valence electrons. The fourth-order valence-electron chi connectivity index (χ4n) is 4.66. The number of rotatable bonds is 3. The summed E-state index contributed by atoms with van der Waals surface area (Å²) in [5.74, 6) is -2.55. The lowest BCUT2D eigenvalue weighted by atomic mass is 9.94. The van der Waals surface area contributed by atoms with E-state index in [4.69, 9.17) is 5.73 Å². The van der Waals surface area contributed by atoms with Crippen molar-refractivity contribution < 1.29 is 23.4 Å². The van der Waals surface area contributed by atoms with E-state index in [0.717, 1.165) is 18.2 Å². The molecule has 0 radical (unpaired) electrons. The lowest BCUT2D eigenvalue weighted by molar-refractivity contribution is 0.132. The van der Waals surface area contributed by atoms with E-state index in [1.807, 2.05) is 4.90 Å². The second-order valence-corrected chi connectivity index (χ2v) is 8.84. The maximum Gasteiger partial charge on any atom is 0.141 e. The summed E-state index contributed by atoms with van der Waals surface area (Å²) in [7, 11) is 0. The lowest BCUT2D eigenvalue weighted by Crippen LogP contribution is -2.50. The minimum absolute atomic E-state index is 0.113. The molecule has 0 saturated carbocycles. The van der Waals surface area contributed by atoms with Crippen molar-refractivity contribution in [1.82, 2.24) is 4.98 Å². The number of hydrogen-bond acceptors (Lipinski definition) is 6. The monoisotopic (exact) mass is 490 g/mol. The van der Waals surface area contributed by atoms with Crippen LogP contribution in [-0.4, -0.2) is 40.4 Å². The predicted octanol–water partition coefficient (Wildman–Crippen LogP) is 4.46. The Hall–Kier alpha value is -4.13. The number of fused-ring (bicyclic) bond motifs is 1. The number of halogens is 3. The van der Waals surface area contributed by atoms with Gasteiger partial charge in [-0.2, -0.15) is 5.26 Å². The van der Waals surface area contributed by atoms with E-state index in [-0.39, 0.29) is 29.0 Å². The van der Waals surface area contributed by atoms with Gasteiger partial charge in [-0.05, 0) is 53.9 Å². The summed E-state index contributed by atoms with van der Waals surface area (Å²) in [6.07, 6.45) is 1.17. The number of aliphatic hydroxyl groups is 1. The van der Waals surface area contributed by atoms with Crippen LogP contribution in [0.4, 0.5) is 18.9 Å². The molecule has 0 bridgehead atoms. The zero-order valence-corrected chi connectivity index (χ0v) is 18.9. The third-order valence-corrected chi connectivity index (χ3v) is 6.47. The van der Waals surface area contributed by atoms with Crippen LogP contribution >= 0.6 is 0 Å². The standard InChI is InChI=1S/C27H21F3N4O2/c28-17-5-15(6-18(29)9-17)22-12-33-24-2-1-14(20-10-19(30)7-16(11-31)27(20)36)8-21(24)26(22)34-4-3-23(32)25(35)13-34/h1-2,5-10,12,23,25,35-36H,3-4,13,32H2. The minimum Gasteiger partial charge on any atom is -0.506 e. The Kier molecular flexibility index (Phi) is 6.00. The van der Waals surface area contributed by atoms with Crippen molar-refractivity contribution in [3.8, 4) is 34.1 Å². The summed E-state index contributed by atoms with van der Waals surface area (Å²) in [5.41, 5.74) is 8.11. The molecule has 2 unspecified atom stereocenters. The Morgan fingerprint density at radius 1 is 0.972 bits per heavy atom. The first-order chi connectivity index (χ1) is 17.2. The first-order valence-corrected chi connectivity index (χ1v) is 11.3. The zero-order chi connectivity index (χ0) is 25.6. The van der Waals surface area contributed by atoms with Gasteiger partial charge in [0.15, 0.2) is 0 Å². The van der Waals surface area contributed by atoms with E-state index in [1.165, 1.54) is 18.3 Å². The highest BCUT2D eigenvalue weighted by Gasteiger charge is 2.28. The number of β-amino-alcohol motifs (C(OH)–C–C–N with tert-alkyl or cyclic N) is 1. The van der Waals surface area contributed by atoms with Crippen molar-refractivity contribution >= 4 is 16.6 Å². The number of nitrogens with zero attached hydrogens (tertiary/aromatic N) is 3. The van der Waals surface area contributed by atoms with E-state index < -0.39 is 29.6 Å². The van der Waals surface area contributed by atoms with E-state index in [9.17, 15) is 28.6 Å². The molecule has 1 aliphatic heterocycles. The van der Waals surface area contributed by atoms with Gasteiger partial charge in [0.25, 0.3) is 0 Å². The molecule has 36 heavy (non-hydrogen) atoms. The average Bonchev–Trinajstić information content (AvgIpc) is 2.85. The highest BCUT2D eigenvalue weighted by molar-refractivity contribution is 6.02. The number of aliphatic hydroxyl groups excluding tert-OH is 1. The summed E-state index contributed by atoms with van der Waals surface area (Å²) in [6, 6.07) is 11.6. The van der Waals surface area contributed by atoms with Crippen LogP contribution in [0.3, 0.4) is 0 Å². The highest BCUT2D eigenvalue weighted by Crippen LogP contribution is 2.41. The van der Waals surface area contributed by atoms with Crippen LogP contribution in [0.15, 0.2) is 54.7 Å². The molecule has 9 heteroatoms. The molecule has 2 atom stereocenters. The molecule has 0 spiro atoms. The number of phenols is 1. The van der Waals surface area contributed by atoms with Gasteiger partial charge in [-0.15, -0.1) is 0 Å². The van der Waals surface area contributed by atoms with Crippen LogP contribution in [0, 0.1) is 28.8 Å². The highest BCUT2D eigenvalue weighted by atomic mass is 19.1. The van der Waals surface area contributed by atoms with Gasteiger partial charge in [-0.3, -0.25) is 4.98 Å². The zero-order valence-electron chi connectivity index (χ0n) is 18.9. The van der Waals surface area contributed by atoms with Crippen molar-refractivity contribution in [2.24, 2.45) is 5.73 Å². The van der Waals surface area contributed by atoms with Crippen molar-refractivity contribution in [2.75, 3.05) is 18.0 Å². The molecule has 0 amide bonds. The van der Waals surface area contributed by atoms with E-state index in [1.54, 1.807) is 24.3 Å².